The summed E-state index contributed by atoms with van der Waals surface area (Å²) in [5, 5.41) is 0.962. The van der Waals surface area contributed by atoms with E-state index in [-0.39, 0.29) is 0 Å². The largest absolute Gasteiger partial charge is 0.375 e. The third kappa shape index (κ3) is 4.61. The molecule has 0 aliphatic carbocycles. The Bertz CT molecular complexity index is 163. The maximum atomic E-state index is 4.03. The molecule has 0 aromatic carbocycles. The van der Waals surface area contributed by atoms with E-state index in [2.05, 4.69) is 37.1 Å². The highest BCUT2D eigenvalue weighted by Crippen LogP contribution is 2.33. The predicted octanol–water partition coefficient (Wildman–Crippen LogP) is 3.13. The Morgan fingerprint density at radius 2 is 2.23 bits per heavy atom. The summed E-state index contributed by atoms with van der Waals surface area (Å²) in [6.45, 7) is 10.8. The van der Waals surface area contributed by atoms with Crippen molar-refractivity contribution in [3.63, 3.8) is 0 Å². The van der Waals surface area contributed by atoms with E-state index in [1.54, 1.807) is 0 Å². The Kier molecular flexibility index (Phi) is 4.71. The summed E-state index contributed by atoms with van der Waals surface area (Å²) in [7, 11) is 0. The van der Waals surface area contributed by atoms with Gasteiger partial charge in [0.2, 0.25) is 0 Å². The molecular formula is C11H21NS. The zero-order valence-electron chi connectivity index (χ0n) is 8.88. The highest BCUT2D eigenvalue weighted by molar-refractivity contribution is 8.06. The number of hydrogen-bond donors (Lipinski definition) is 0. The molecule has 1 unspecified atom stereocenters. The molecule has 76 valence electrons. The summed E-state index contributed by atoms with van der Waals surface area (Å²) in [6.07, 6.45) is 3.92. The lowest BCUT2D eigenvalue weighted by Crippen LogP contribution is -2.24. The van der Waals surface area contributed by atoms with Gasteiger partial charge in [-0.2, -0.15) is 11.8 Å². The normalized spacial score (nSPS) is 20.0. The lowest BCUT2D eigenvalue weighted by molar-refractivity contribution is 0.337. The Labute approximate surface area is 86.6 Å². The van der Waals surface area contributed by atoms with Gasteiger partial charge in [0.05, 0.1) is 0 Å². The fourth-order valence-electron chi connectivity index (χ4n) is 1.38. The minimum atomic E-state index is 0.962. The van der Waals surface area contributed by atoms with E-state index in [1.807, 2.05) is 0 Å². The molecule has 0 aromatic heterocycles. The molecule has 1 fully saturated rings. The van der Waals surface area contributed by atoms with E-state index in [1.165, 1.54) is 43.8 Å². The zero-order chi connectivity index (χ0) is 9.68. The lowest BCUT2D eigenvalue weighted by atomic mass is 10.2. The van der Waals surface area contributed by atoms with Crippen LogP contribution in [-0.4, -0.2) is 29.0 Å². The minimum Gasteiger partial charge on any atom is -0.375 e. The van der Waals surface area contributed by atoms with Gasteiger partial charge >= 0.3 is 0 Å². The minimum absolute atomic E-state index is 0.962. The molecule has 0 spiro atoms. The second-order valence-electron chi connectivity index (χ2n) is 3.82. The second kappa shape index (κ2) is 5.58. The second-order valence-corrected chi connectivity index (χ2v) is 5.15. The Morgan fingerprint density at radius 1 is 1.54 bits per heavy atom. The van der Waals surface area contributed by atoms with Crippen molar-refractivity contribution in [1.82, 2.24) is 4.90 Å². The molecule has 13 heavy (non-hydrogen) atoms. The van der Waals surface area contributed by atoms with Gasteiger partial charge in [-0.1, -0.05) is 19.9 Å². The smallest absolute Gasteiger partial charge is 0.0185 e. The van der Waals surface area contributed by atoms with Crippen LogP contribution in [-0.2, 0) is 0 Å². The maximum Gasteiger partial charge on any atom is 0.0185 e. The van der Waals surface area contributed by atoms with Crippen LogP contribution in [0.3, 0.4) is 0 Å². The van der Waals surface area contributed by atoms with Crippen molar-refractivity contribution in [2.45, 2.75) is 38.4 Å². The molecule has 1 nitrogen and oxygen atoms in total. The highest BCUT2D eigenvalue weighted by Gasteiger charge is 2.22. The van der Waals surface area contributed by atoms with Crippen molar-refractivity contribution < 1.29 is 0 Å². The molecule has 0 amide bonds. The van der Waals surface area contributed by atoms with Gasteiger partial charge in [0.25, 0.3) is 0 Å². The topological polar surface area (TPSA) is 3.24 Å². The van der Waals surface area contributed by atoms with Crippen LogP contribution in [0.2, 0.25) is 0 Å². The molecule has 1 heterocycles. The number of hydrogen-bond acceptors (Lipinski definition) is 2. The molecule has 2 heteroatoms. The van der Waals surface area contributed by atoms with Gasteiger partial charge in [0, 0.05) is 29.8 Å². The number of allylic oxidation sites excluding steroid dienone is 1. The molecule has 1 rings (SSSR count). The van der Waals surface area contributed by atoms with E-state index in [9.17, 15) is 0 Å². The number of unbranched alkanes of at least 4 members (excludes halogenated alkanes) is 1. The first-order chi connectivity index (χ1) is 6.24. The van der Waals surface area contributed by atoms with E-state index >= 15 is 0 Å². The van der Waals surface area contributed by atoms with E-state index in [0.717, 1.165) is 5.25 Å². The molecular weight excluding hydrogens is 178 g/mol. The average molecular weight is 199 g/mol. The molecule has 0 radical (unpaired) electrons. The molecule has 1 aliphatic heterocycles. The molecule has 0 aromatic rings. The van der Waals surface area contributed by atoms with Gasteiger partial charge < -0.3 is 4.90 Å². The summed E-state index contributed by atoms with van der Waals surface area (Å²) < 4.78 is 0. The molecule has 0 bridgehead atoms. The SMILES string of the molecule is C=C(C)N(CCCC)CCC1CS1. The molecule has 1 aliphatic rings. The molecule has 0 N–H and O–H groups in total. The van der Waals surface area contributed by atoms with Gasteiger partial charge in [-0.25, -0.2) is 0 Å². The molecule has 1 saturated heterocycles. The summed E-state index contributed by atoms with van der Waals surface area (Å²) in [5.74, 6) is 1.39. The van der Waals surface area contributed by atoms with Gasteiger partial charge in [-0.05, 0) is 19.8 Å². The van der Waals surface area contributed by atoms with E-state index in [4.69, 9.17) is 0 Å². The number of nitrogens with zero attached hydrogens (tertiary/aromatic N) is 1. The van der Waals surface area contributed by atoms with Crippen LogP contribution in [0.15, 0.2) is 12.3 Å². The van der Waals surface area contributed by atoms with Crippen LogP contribution >= 0.6 is 11.8 Å². The van der Waals surface area contributed by atoms with Gasteiger partial charge in [0.15, 0.2) is 0 Å². The van der Waals surface area contributed by atoms with Crippen molar-refractivity contribution >= 4 is 11.8 Å². The van der Waals surface area contributed by atoms with Crippen LogP contribution < -0.4 is 0 Å². The Hall–Kier alpha value is -0.110. The third-order valence-corrected chi connectivity index (χ3v) is 3.49. The van der Waals surface area contributed by atoms with Crippen molar-refractivity contribution in [2.75, 3.05) is 18.8 Å². The first kappa shape index (κ1) is 11.0. The maximum absolute atomic E-state index is 4.03. The monoisotopic (exact) mass is 199 g/mol. The zero-order valence-corrected chi connectivity index (χ0v) is 9.70. The lowest BCUT2D eigenvalue weighted by Gasteiger charge is -2.24. The number of thioether (sulfide) groups is 1. The van der Waals surface area contributed by atoms with E-state index < -0.39 is 0 Å². The number of rotatable bonds is 7. The molecule has 1 atom stereocenters. The summed E-state index contributed by atoms with van der Waals surface area (Å²) in [4.78, 5) is 2.43. The van der Waals surface area contributed by atoms with Gasteiger partial charge in [-0.3, -0.25) is 0 Å². The Morgan fingerprint density at radius 3 is 2.69 bits per heavy atom. The van der Waals surface area contributed by atoms with Crippen molar-refractivity contribution in [1.29, 1.82) is 0 Å². The first-order valence-corrected chi connectivity index (χ1v) is 6.31. The van der Waals surface area contributed by atoms with Crippen LogP contribution in [0, 0.1) is 0 Å². The summed E-state index contributed by atoms with van der Waals surface area (Å²) in [5.41, 5.74) is 1.24. The highest BCUT2D eigenvalue weighted by atomic mass is 32.2. The fraction of sp³-hybridized carbons (Fsp3) is 0.818. The standard InChI is InChI=1S/C11H21NS/c1-4-5-7-12(10(2)3)8-6-11-9-13-11/h11H,2,4-9H2,1,3H3. The summed E-state index contributed by atoms with van der Waals surface area (Å²) >= 11 is 2.09. The van der Waals surface area contributed by atoms with Crippen LogP contribution in [0.4, 0.5) is 0 Å². The molecule has 0 saturated carbocycles. The van der Waals surface area contributed by atoms with Crippen molar-refractivity contribution in [2.24, 2.45) is 0 Å². The average Bonchev–Trinajstić information content (AvgIpc) is 2.87. The van der Waals surface area contributed by atoms with Crippen LogP contribution in [0.25, 0.3) is 0 Å². The quantitative estimate of drug-likeness (QED) is 0.580. The van der Waals surface area contributed by atoms with Gasteiger partial charge in [-0.15, -0.1) is 0 Å². The van der Waals surface area contributed by atoms with Crippen molar-refractivity contribution in [3.05, 3.63) is 12.3 Å². The Balaban J connectivity index is 2.15. The first-order valence-electron chi connectivity index (χ1n) is 5.26. The van der Waals surface area contributed by atoms with Crippen molar-refractivity contribution in [3.8, 4) is 0 Å². The van der Waals surface area contributed by atoms with Crippen LogP contribution in [0.5, 0.6) is 0 Å². The van der Waals surface area contributed by atoms with E-state index in [0.29, 0.717) is 0 Å². The van der Waals surface area contributed by atoms with Gasteiger partial charge in [0.1, 0.15) is 0 Å². The summed E-state index contributed by atoms with van der Waals surface area (Å²) in [6, 6.07) is 0. The predicted molar refractivity (Wildman–Crippen MR) is 62.2 cm³/mol. The van der Waals surface area contributed by atoms with Crippen LogP contribution in [0.1, 0.15) is 33.1 Å². The fourth-order valence-corrected chi connectivity index (χ4v) is 1.95. The third-order valence-electron chi connectivity index (χ3n) is 2.44.